The van der Waals surface area contributed by atoms with Crippen LogP contribution in [-0.4, -0.2) is 23.9 Å². The van der Waals surface area contributed by atoms with Gasteiger partial charge in [-0.25, -0.2) is 0 Å². The molecule has 0 spiro atoms. The van der Waals surface area contributed by atoms with Gasteiger partial charge in [0.2, 0.25) is 0 Å². The number of aliphatic hydroxyl groups excluding tert-OH is 1. The number of fused-ring (bicyclic) bond motifs is 1. The van der Waals surface area contributed by atoms with E-state index >= 15 is 0 Å². The summed E-state index contributed by atoms with van der Waals surface area (Å²) in [6, 6.07) is 0. The highest BCUT2D eigenvalue weighted by Crippen LogP contribution is 2.39. The van der Waals surface area contributed by atoms with Crippen molar-refractivity contribution >= 4 is 0 Å². The predicted molar refractivity (Wildman–Crippen MR) is 37.6 cm³/mol. The number of hydrogen-bond donors (Lipinski definition) is 1. The second kappa shape index (κ2) is 2.21. The van der Waals surface area contributed by atoms with Gasteiger partial charge in [0.05, 0.1) is 12.2 Å². The van der Waals surface area contributed by atoms with Gasteiger partial charge in [0.15, 0.2) is 0 Å². The first-order valence-electron chi connectivity index (χ1n) is 4.07. The Balaban J connectivity index is 2.05. The Kier molecular flexibility index (Phi) is 1.46. The zero-order chi connectivity index (χ0) is 7.14. The fraction of sp³-hybridized carbons (Fsp3) is 1.00. The maximum absolute atomic E-state index is 9.27. The van der Waals surface area contributed by atoms with E-state index in [1.54, 1.807) is 0 Å². The number of aliphatic hydroxyl groups is 1. The summed E-state index contributed by atoms with van der Waals surface area (Å²) in [6.45, 7) is 3.12. The Hall–Kier alpha value is -0.0800. The third-order valence-electron chi connectivity index (χ3n) is 2.83. The maximum Gasteiger partial charge on any atom is 0.0632 e. The zero-order valence-corrected chi connectivity index (χ0v) is 6.29. The van der Waals surface area contributed by atoms with E-state index in [0.717, 1.165) is 19.4 Å². The number of hydrogen-bond acceptors (Lipinski definition) is 2. The molecule has 1 heterocycles. The van der Waals surface area contributed by atoms with Gasteiger partial charge in [0.1, 0.15) is 0 Å². The van der Waals surface area contributed by atoms with E-state index in [4.69, 9.17) is 4.74 Å². The molecule has 0 aromatic heterocycles. The molecule has 58 valence electrons. The molecule has 1 saturated carbocycles. The third kappa shape index (κ3) is 0.867. The monoisotopic (exact) mass is 142 g/mol. The highest BCUT2D eigenvalue weighted by Gasteiger charge is 2.41. The van der Waals surface area contributed by atoms with E-state index in [-0.39, 0.29) is 6.10 Å². The van der Waals surface area contributed by atoms with E-state index in [0.29, 0.717) is 17.9 Å². The molecule has 1 saturated heterocycles. The molecule has 0 bridgehead atoms. The molecule has 2 nitrogen and oxygen atoms in total. The summed E-state index contributed by atoms with van der Waals surface area (Å²) in [5.41, 5.74) is 0. The quantitative estimate of drug-likeness (QED) is 0.542. The summed E-state index contributed by atoms with van der Waals surface area (Å²) >= 11 is 0. The molecule has 0 amide bonds. The lowest BCUT2D eigenvalue weighted by molar-refractivity contribution is 0.0790. The minimum atomic E-state index is -0.0854. The van der Waals surface area contributed by atoms with E-state index < -0.39 is 0 Å². The van der Waals surface area contributed by atoms with Gasteiger partial charge in [0, 0.05) is 6.61 Å². The second-order valence-corrected chi connectivity index (χ2v) is 3.64. The first-order chi connectivity index (χ1) is 4.77. The van der Waals surface area contributed by atoms with Crippen LogP contribution in [0.4, 0.5) is 0 Å². The molecule has 2 aliphatic rings. The smallest absolute Gasteiger partial charge is 0.0632 e. The van der Waals surface area contributed by atoms with Crippen LogP contribution in [-0.2, 0) is 4.74 Å². The van der Waals surface area contributed by atoms with Crippen LogP contribution >= 0.6 is 0 Å². The van der Waals surface area contributed by atoms with Crippen molar-refractivity contribution in [2.24, 2.45) is 11.8 Å². The summed E-state index contributed by atoms with van der Waals surface area (Å²) in [7, 11) is 0. The summed E-state index contributed by atoms with van der Waals surface area (Å²) in [5.74, 6) is 1.32. The van der Waals surface area contributed by atoms with Gasteiger partial charge < -0.3 is 9.84 Å². The highest BCUT2D eigenvalue weighted by molar-refractivity contribution is 4.90. The molecule has 0 aromatic carbocycles. The molecule has 2 heteroatoms. The van der Waals surface area contributed by atoms with Crippen molar-refractivity contribution < 1.29 is 9.84 Å². The molecule has 1 aliphatic heterocycles. The van der Waals surface area contributed by atoms with Crippen LogP contribution in [0.2, 0.25) is 0 Å². The van der Waals surface area contributed by atoms with E-state index in [1.807, 2.05) is 0 Å². The summed E-state index contributed by atoms with van der Waals surface area (Å²) < 4.78 is 5.50. The van der Waals surface area contributed by atoms with Gasteiger partial charge in [-0.05, 0) is 24.7 Å². The normalized spacial score (nSPS) is 53.4. The number of ether oxygens (including phenoxy) is 1. The van der Waals surface area contributed by atoms with Gasteiger partial charge in [0.25, 0.3) is 0 Å². The Morgan fingerprint density at radius 2 is 2.20 bits per heavy atom. The lowest BCUT2D eigenvalue weighted by Gasteiger charge is -2.09. The van der Waals surface area contributed by atoms with Crippen molar-refractivity contribution in [2.45, 2.75) is 32.0 Å². The van der Waals surface area contributed by atoms with E-state index in [1.165, 1.54) is 0 Å². The molecule has 2 fully saturated rings. The van der Waals surface area contributed by atoms with Crippen molar-refractivity contribution in [1.29, 1.82) is 0 Å². The van der Waals surface area contributed by atoms with Crippen molar-refractivity contribution in [2.75, 3.05) is 6.61 Å². The average Bonchev–Trinajstić information content (AvgIpc) is 2.35. The molecule has 0 radical (unpaired) electrons. The van der Waals surface area contributed by atoms with Gasteiger partial charge in [-0.15, -0.1) is 0 Å². The molecule has 4 unspecified atom stereocenters. The standard InChI is InChI=1S/C8H14O2/c1-5-4-10-8-3-6(9)2-7(5)8/h5-9H,2-4H2,1H3. The van der Waals surface area contributed by atoms with Gasteiger partial charge in [-0.2, -0.15) is 0 Å². The van der Waals surface area contributed by atoms with Crippen LogP contribution in [0.25, 0.3) is 0 Å². The summed E-state index contributed by atoms with van der Waals surface area (Å²) in [6.07, 6.45) is 2.13. The molecule has 1 N–H and O–H groups in total. The Labute approximate surface area is 61.2 Å². The van der Waals surface area contributed by atoms with E-state index in [9.17, 15) is 5.11 Å². The Bertz CT molecular complexity index is 135. The van der Waals surface area contributed by atoms with Crippen molar-refractivity contribution in [3.8, 4) is 0 Å². The van der Waals surface area contributed by atoms with E-state index in [2.05, 4.69) is 6.92 Å². The summed E-state index contributed by atoms with van der Waals surface area (Å²) in [5, 5.41) is 9.27. The fourth-order valence-electron chi connectivity index (χ4n) is 2.19. The number of rotatable bonds is 0. The topological polar surface area (TPSA) is 29.5 Å². The lowest BCUT2D eigenvalue weighted by Crippen LogP contribution is -2.10. The second-order valence-electron chi connectivity index (χ2n) is 3.64. The van der Waals surface area contributed by atoms with Crippen molar-refractivity contribution in [3.63, 3.8) is 0 Å². The van der Waals surface area contributed by atoms with Gasteiger partial charge >= 0.3 is 0 Å². The molecule has 2 rings (SSSR count). The van der Waals surface area contributed by atoms with Crippen molar-refractivity contribution in [1.82, 2.24) is 0 Å². The molecule has 10 heavy (non-hydrogen) atoms. The minimum Gasteiger partial charge on any atom is -0.393 e. The Morgan fingerprint density at radius 3 is 2.90 bits per heavy atom. The molecule has 1 aliphatic carbocycles. The first-order valence-corrected chi connectivity index (χ1v) is 4.07. The third-order valence-corrected chi connectivity index (χ3v) is 2.83. The van der Waals surface area contributed by atoms with Crippen molar-refractivity contribution in [3.05, 3.63) is 0 Å². The molecule has 0 aromatic rings. The maximum atomic E-state index is 9.27. The fourth-order valence-corrected chi connectivity index (χ4v) is 2.19. The van der Waals surface area contributed by atoms with Gasteiger partial charge in [-0.3, -0.25) is 0 Å². The van der Waals surface area contributed by atoms with Crippen LogP contribution in [0.3, 0.4) is 0 Å². The van der Waals surface area contributed by atoms with Crippen LogP contribution in [0.15, 0.2) is 0 Å². The first kappa shape index (κ1) is 6.62. The largest absolute Gasteiger partial charge is 0.393 e. The van der Waals surface area contributed by atoms with Crippen LogP contribution in [0, 0.1) is 11.8 Å². The van der Waals surface area contributed by atoms with Gasteiger partial charge in [-0.1, -0.05) is 6.92 Å². The van der Waals surface area contributed by atoms with Crippen LogP contribution in [0.1, 0.15) is 19.8 Å². The minimum absolute atomic E-state index is 0.0854. The summed E-state index contributed by atoms with van der Waals surface area (Å²) in [4.78, 5) is 0. The van der Waals surface area contributed by atoms with Crippen LogP contribution < -0.4 is 0 Å². The predicted octanol–water partition coefficient (Wildman–Crippen LogP) is 0.792. The molecular formula is C8H14O2. The van der Waals surface area contributed by atoms with Crippen LogP contribution in [0.5, 0.6) is 0 Å². The molecular weight excluding hydrogens is 128 g/mol. The average molecular weight is 142 g/mol. The SMILES string of the molecule is CC1COC2CC(O)CC12. The zero-order valence-electron chi connectivity index (χ0n) is 6.29. The molecule has 4 atom stereocenters. The lowest BCUT2D eigenvalue weighted by atomic mass is 9.94. The Morgan fingerprint density at radius 1 is 1.40 bits per heavy atom. The highest BCUT2D eigenvalue weighted by atomic mass is 16.5.